The first-order chi connectivity index (χ1) is 10.3. The number of nitrogens with zero attached hydrogens (tertiary/aromatic N) is 2. The number of ether oxygens (including phenoxy) is 2. The van der Waals surface area contributed by atoms with Crippen LogP contribution in [-0.2, 0) is 6.54 Å². The molecule has 2 aromatic rings. The maximum atomic E-state index is 5.98. The van der Waals surface area contributed by atoms with Gasteiger partial charge in [0.1, 0.15) is 13.2 Å². The number of benzene rings is 1. The zero-order valence-corrected chi connectivity index (χ0v) is 12.8. The van der Waals surface area contributed by atoms with Gasteiger partial charge in [-0.2, -0.15) is 0 Å². The molecule has 0 spiro atoms. The Balaban J connectivity index is 1.79. The van der Waals surface area contributed by atoms with Gasteiger partial charge < -0.3 is 15.2 Å². The second kappa shape index (κ2) is 6.43. The van der Waals surface area contributed by atoms with Gasteiger partial charge in [-0.1, -0.05) is 6.07 Å². The third-order valence-corrected chi connectivity index (χ3v) is 4.24. The molecule has 1 unspecified atom stereocenters. The third-order valence-electron chi connectivity index (χ3n) is 3.60. The first-order valence-corrected chi connectivity index (χ1v) is 7.89. The van der Waals surface area contributed by atoms with Gasteiger partial charge in [-0.25, -0.2) is 4.98 Å². The van der Waals surface area contributed by atoms with Gasteiger partial charge >= 0.3 is 0 Å². The lowest BCUT2D eigenvalue weighted by Gasteiger charge is -2.28. The molecule has 1 aromatic heterocycles. The van der Waals surface area contributed by atoms with E-state index < -0.39 is 0 Å². The van der Waals surface area contributed by atoms with Crippen LogP contribution in [0.25, 0.3) is 0 Å². The summed E-state index contributed by atoms with van der Waals surface area (Å²) in [4.78, 5) is 6.54. The highest BCUT2D eigenvalue weighted by molar-refractivity contribution is 7.07. The molecule has 6 heteroatoms. The molecular formula is C15H19N3O2S. The lowest BCUT2D eigenvalue weighted by Crippen LogP contribution is -2.30. The average molecular weight is 305 g/mol. The fourth-order valence-corrected chi connectivity index (χ4v) is 3.07. The van der Waals surface area contributed by atoms with Crippen LogP contribution < -0.4 is 15.2 Å². The summed E-state index contributed by atoms with van der Waals surface area (Å²) < 4.78 is 11.2. The van der Waals surface area contributed by atoms with Crippen LogP contribution in [0.5, 0.6) is 11.5 Å². The van der Waals surface area contributed by atoms with Crippen molar-refractivity contribution in [3.05, 3.63) is 40.3 Å². The maximum absolute atomic E-state index is 5.98. The normalized spacial score (nSPS) is 15.2. The van der Waals surface area contributed by atoms with Gasteiger partial charge in [-0.3, -0.25) is 4.90 Å². The number of hydrogen-bond acceptors (Lipinski definition) is 6. The van der Waals surface area contributed by atoms with Crippen LogP contribution in [-0.4, -0.2) is 36.7 Å². The molecule has 1 aromatic carbocycles. The molecule has 0 saturated carbocycles. The van der Waals surface area contributed by atoms with E-state index in [0.717, 1.165) is 29.3 Å². The second-order valence-corrected chi connectivity index (χ2v) is 5.77. The van der Waals surface area contributed by atoms with Crippen LogP contribution in [0.2, 0.25) is 0 Å². The molecule has 0 fully saturated rings. The molecule has 0 saturated heterocycles. The molecule has 1 aliphatic rings. The number of aromatic nitrogens is 1. The van der Waals surface area contributed by atoms with Gasteiger partial charge in [0.2, 0.25) is 0 Å². The minimum absolute atomic E-state index is 0.127. The van der Waals surface area contributed by atoms with Crippen LogP contribution in [0.3, 0.4) is 0 Å². The van der Waals surface area contributed by atoms with E-state index in [9.17, 15) is 0 Å². The van der Waals surface area contributed by atoms with Crippen LogP contribution in [0, 0.1) is 0 Å². The first kappa shape index (κ1) is 14.3. The van der Waals surface area contributed by atoms with Crippen molar-refractivity contribution >= 4 is 11.3 Å². The number of hydrogen-bond donors (Lipinski definition) is 1. The van der Waals surface area contributed by atoms with Gasteiger partial charge in [-0.15, -0.1) is 11.3 Å². The Morgan fingerprint density at radius 1 is 1.33 bits per heavy atom. The molecule has 112 valence electrons. The molecule has 21 heavy (non-hydrogen) atoms. The quantitative estimate of drug-likeness (QED) is 0.916. The molecule has 2 N–H and O–H groups in total. The first-order valence-electron chi connectivity index (χ1n) is 6.95. The Labute approximate surface area is 128 Å². The smallest absolute Gasteiger partial charge is 0.161 e. The molecule has 5 nitrogen and oxygen atoms in total. The summed E-state index contributed by atoms with van der Waals surface area (Å²) in [5, 5.41) is 2.06. The summed E-state index contributed by atoms with van der Waals surface area (Å²) in [6.45, 7) is 2.52. The molecule has 0 aliphatic carbocycles. The van der Waals surface area contributed by atoms with Crippen molar-refractivity contribution in [2.45, 2.75) is 12.6 Å². The Hall–Kier alpha value is -1.63. The van der Waals surface area contributed by atoms with Crippen molar-refractivity contribution in [2.75, 3.05) is 26.8 Å². The highest BCUT2D eigenvalue weighted by Crippen LogP contribution is 2.33. The fraction of sp³-hybridized carbons (Fsp3) is 0.400. The van der Waals surface area contributed by atoms with Crippen molar-refractivity contribution in [3.8, 4) is 11.5 Å². The summed E-state index contributed by atoms with van der Waals surface area (Å²) in [7, 11) is 2.06. The van der Waals surface area contributed by atoms with Crippen molar-refractivity contribution in [1.29, 1.82) is 0 Å². The van der Waals surface area contributed by atoms with E-state index in [1.807, 2.05) is 17.6 Å². The summed E-state index contributed by atoms with van der Waals surface area (Å²) in [6, 6.07) is 6.18. The summed E-state index contributed by atoms with van der Waals surface area (Å²) in [5.41, 5.74) is 10.0. The minimum atomic E-state index is 0.127. The maximum Gasteiger partial charge on any atom is 0.161 e. The van der Waals surface area contributed by atoms with E-state index in [1.165, 1.54) is 0 Å². The standard InChI is InChI=1S/C15H19N3O2S/c1-18(8-12-9-21-10-17-12)13(7-16)11-2-3-14-15(6-11)20-5-4-19-14/h2-3,6,9-10,13H,4-5,7-8,16H2,1H3. The predicted octanol–water partition coefficient (Wildman–Crippen LogP) is 2.05. The van der Waals surface area contributed by atoms with Crippen molar-refractivity contribution in [2.24, 2.45) is 5.73 Å². The van der Waals surface area contributed by atoms with E-state index in [0.29, 0.717) is 19.8 Å². The molecule has 1 aliphatic heterocycles. The van der Waals surface area contributed by atoms with E-state index >= 15 is 0 Å². The summed E-state index contributed by atoms with van der Waals surface area (Å²) in [5.74, 6) is 1.61. The molecular weight excluding hydrogens is 286 g/mol. The Bertz CT molecular complexity index is 589. The van der Waals surface area contributed by atoms with E-state index in [2.05, 4.69) is 28.4 Å². The number of nitrogens with two attached hydrogens (primary N) is 1. The molecule has 0 radical (unpaired) electrons. The van der Waals surface area contributed by atoms with Gasteiger partial charge in [-0.05, 0) is 24.7 Å². The SMILES string of the molecule is CN(Cc1cscn1)C(CN)c1ccc2c(c1)OCCO2. The number of rotatable bonds is 5. The molecule has 1 atom stereocenters. The molecule has 0 amide bonds. The van der Waals surface area contributed by atoms with Gasteiger partial charge in [0.15, 0.2) is 11.5 Å². The van der Waals surface area contributed by atoms with E-state index in [-0.39, 0.29) is 6.04 Å². The molecule has 2 heterocycles. The lowest BCUT2D eigenvalue weighted by atomic mass is 10.0. The zero-order chi connectivity index (χ0) is 14.7. The van der Waals surface area contributed by atoms with Crippen molar-refractivity contribution < 1.29 is 9.47 Å². The number of fused-ring (bicyclic) bond motifs is 1. The Kier molecular flexibility index (Phi) is 4.38. The Morgan fingerprint density at radius 2 is 2.14 bits per heavy atom. The predicted molar refractivity (Wildman–Crippen MR) is 82.8 cm³/mol. The van der Waals surface area contributed by atoms with Gasteiger partial charge in [0.25, 0.3) is 0 Å². The van der Waals surface area contributed by atoms with E-state index in [1.54, 1.807) is 11.3 Å². The minimum Gasteiger partial charge on any atom is -0.486 e. The molecule has 0 bridgehead atoms. The lowest BCUT2D eigenvalue weighted by molar-refractivity contribution is 0.170. The highest BCUT2D eigenvalue weighted by atomic mass is 32.1. The number of likely N-dealkylation sites (N-methyl/N-ethyl adjacent to an activating group) is 1. The fourth-order valence-electron chi connectivity index (χ4n) is 2.52. The van der Waals surface area contributed by atoms with Crippen LogP contribution in [0.15, 0.2) is 29.1 Å². The third kappa shape index (κ3) is 3.18. The van der Waals surface area contributed by atoms with Gasteiger partial charge in [0.05, 0.1) is 11.2 Å². The zero-order valence-electron chi connectivity index (χ0n) is 12.0. The van der Waals surface area contributed by atoms with Crippen LogP contribution >= 0.6 is 11.3 Å². The number of thiazole rings is 1. The average Bonchev–Trinajstić information content (AvgIpc) is 3.01. The largest absolute Gasteiger partial charge is 0.486 e. The van der Waals surface area contributed by atoms with Crippen LogP contribution in [0.1, 0.15) is 17.3 Å². The summed E-state index contributed by atoms with van der Waals surface area (Å²) >= 11 is 1.61. The topological polar surface area (TPSA) is 60.6 Å². The van der Waals surface area contributed by atoms with Crippen LogP contribution in [0.4, 0.5) is 0 Å². The monoisotopic (exact) mass is 305 g/mol. The van der Waals surface area contributed by atoms with Crippen molar-refractivity contribution in [1.82, 2.24) is 9.88 Å². The second-order valence-electron chi connectivity index (χ2n) is 5.05. The van der Waals surface area contributed by atoms with E-state index in [4.69, 9.17) is 15.2 Å². The van der Waals surface area contributed by atoms with Gasteiger partial charge in [0, 0.05) is 24.5 Å². The molecule has 3 rings (SSSR count). The Morgan fingerprint density at radius 3 is 2.86 bits per heavy atom. The highest BCUT2D eigenvalue weighted by Gasteiger charge is 2.19. The summed E-state index contributed by atoms with van der Waals surface area (Å²) in [6.07, 6.45) is 0. The van der Waals surface area contributed by atoms with Crippen molar-refractivity contribution in [3.63, 3.8) is 0 Å².